The molecule has 2 aromatic heterocycles. The summed E-state index contributed by atoms with van der Waals surface area (Å²) in [4.78, 5) is 19.8. The average Bonchev–Trinajstić information content (AvgIpc) is 2.76. The molecule has 0 amide bonds. The Balaban J connectivity index is 2.10. The fraction of sp³-hybridized carbons (Fsp3) is 0.273. The van der Waals surface area contributed by atoms with Crippen LogP contribution in [0.2, 0.25) is 0 Å². The smallest absolute Gasteiger partial charge is 0.358 e. The van der Waals surface area contributed by atoms with Crippen molar-refractivity contribution in [2.45, 2.75) is 20.0 Å². The lowest BCUT2D eigenvalue weighted by atomic mass is 10.3. The lowest BCUT2D eigenvalue weighted by Crippen LogP contribution is -2.11. The van der Waals surface area contributed by atoms with Gasteiger partial charge >= 0.3 is 5.97 Å². The van der Waals surface area contributed by atoms with E-state index in [4.69, 9.17) is 9.26 Å². The number of aromatic nitrogens is 3. The van der Waals surface area contributed by atoms with Gasteiger partial charge in [-0.05, 0) is 41.9 Å². The van der Waals surface area contributed by atoms with Crippen LogP contribution in [0.3, 0.4) is 0 Å². The fourth-order valence-electron chi connectivity index (χ4n) is 1.28. The zero-order valence-electron chi connectivity index (χ0n) is 9.75. The number of pyridine rings is 1. The summed E-state index contributed by atoms with van der Waals surface area (Å²) in [6.45, 7) is 3.35. The number of nitrogens with zero attached hydrogens (tertiary/aromatic N) is 3. The van der Waals surface area contributed by atoms with Gasteiger partial charge in [0.1, 0.15) is 0 Å². The van der Waals surface area contributed by atoms with Crippen molar-refractivity contribution in [2.24, 2.45) is 0 Å². The first-order valence-corrected chi connectivity index (χ1v) is 5.99. The van der Waals surface area contributed by atoms with E-state index in [-0.39, 0.29) is 11.6 Å². The van der Waals surface area contributed by atoms with Crippen molar-refractivity contribution >= 4 is 21.9 Å². The molecular weight excluding hydrogens is 302 g/mol. The highest BCUT2D eigenvalue weighted by Gasteiger charge is 2.20. The average molecular weight is 312 g/mol. The number of esters is 1. The van der Waals surface area contributed by atoms with Gasteiger partial charge in [-0.3, -0.25) is 0 Å². The van der Waals surface area contributed by atoms with Crippen molar-refractivity contribution in [1.82, 2.24) is 15.1 Å². The second kappa shape index (κ2) is 5.26. The highest BCUT2D eigenvalue weighted by molar-refractivity contribution is 9.10. The van der Waals surface area contributed by atoms with E-state index < -0.39 is 12.1 Å². The number of halogens is 1. The quantitative estimate of drug-likeness (QED) is 0.810. The first-order valence-electron chi connectivity index (χ1n) is 5.19. The summed E-state index contributed by atoms with van der Waals surface area (Å²) in [6.07, 6.45) is 0.899. The lowest BCUT2D eigenvalue weighted by molar-refractivity contribution is 0.0257. The molecule has 0 fully saturated rings. The normalized spacial score (nSPS) is 12.2. The Bertz CT molecular complexity index is 570. The third-order valence-electron chi connectivity index (χ3n) is 2.13. The van der Waals surface area contributed by atoms with E-state index in [0.717, 1.165) is 0 Å². The number of ether oxygens (including phenoxy) is 1. The summed E-state index contributed by atoms with van der Waals surface area (Å²) in [6, 6.07) is 3.43. The highest BCUT2D eigenvalue weighted by Crippen LogP contribution is 2.19. The van der Waals surface area contributed by atoms with Gasteiger partial charge in [0, 0.05) is 6.20 Å². The molecule has 7 heteroatoms. The Labute approximate surface area is 111 Å². The van der Waals surface area contributed by atoms with Crippen molar-refractivity contribution < 1.29 is 14.1 Å². The Morgan fingerprint density at radius 3 is 2.94 bits per heavy atom. The molecule has 0 aliphatic rings. The zero-order valence-corrected chi connectivity index (χ0v) is 11.3. The zero-order chi connectivity index (χ0) is 13.1. The standard InChI is InChI=1S/C11H10BrN3O3/c1-6(10-14-7(2)15-18-10)17-11(16)9-8(12)4-3-5-13-9/h3-6H,1-2H3. The van der Waals surface area contributed by atoms with Crippen molar-refractivity contribution in [2.75, 3.05) is 0 Å². The van der Waals surface area contributed by atoms with Crippen molar-refractivity contribution in [3.63, 3.8) is 0 Å². The molecule has 1 unspecified atom stereocenters. The predicted molar refractivity (Wildman–Crippen MR) is 64.8 cm³/mol. The van der Waals surface area contributed by atoms with Gasteiger partial charge in [0.25, 0.3) is 5.89 Å². The summed E-state index contributed by atoms with van der Waals surface area (Å²) in [5, 5.41) is 3.63. The molecule has 2 aromatic rings. The Kier molecular flexibility index (Phi) is 3.71. The third kappa shape index (κ3) is 2.73. The van der Waals surface area contributed by atoms with E-state index in [0.29, 0.717) is 10.3 Å². The molecule has 0 spiro atoms. The van der Waals surface area contributed by atoms with Crippen LogP contribution in [0, 0.1) is 6.92 Å². The van der Waals surface area contributed by atoms with E-state index in [1.807, 2.05) is 0 Å². The molecule has 2 rings (SSSR count). The first kappa shape index (κ1) is 12.7. The number of carbonyl (C=O) groups is 1. The number of hydrogen-bond donors (Lipinski definition) is 0. The number of hydrogen-bond acceptors (Lipinski definition) is 6. The predicted octanol–water partition coefficient (Wildman–Crippen LogP) is 2.45. The van der Waals surface area contributed by atoms with Crippen molar-refractivity contribution in [3.05, 3.63) is 40.2 Å². The molecule has 94 valence electrons. The molecule has 0 aliphatic heterocycles. The third-order valence-corrected chi connectivity index (χ3v) is 2.77. The van der Waals surface area contributed by atoms with Crippen LogP contribution < -0.4 is 0 Å². The van der Waals surface area contributed by atoms with Crippen molar-refractivity contribution in [1.29, 1.82) is 0 Å². The van der Waals surface area contributed by atoms with E-state index in [1.54, 1.807) is 26.0 Å². The van der Waals surface area contributed by atoms with Crippen molar-refractivity contribution in [3.8, 4) is 0 Å². The summed E-state index contributed by atoms with van der Waals surface area (Å²) >= 11 is 3.23. The van der Waals surface area contributed by atoms with Gasteiger partial charge in [0.2, 0.25) is 0 Å². The molecule has 0 saturated heterocycles. The van der Waals surface area contributed by atoms with Crippen LogP contribution in [-0.2, 0) is 4.74 Å². The molecule has 0 radical (unpaired) electrons. The number of aryl methyl sites for hydroxylation is 1. The maximum Gasteiger partial charge on any atom is 0.358 e. The van der Waals surface area contributed by atoms with E-state index >= 15 is 0 Å². The maximum atomic E-state index is 11.9. The van der Waals surface area contributed by atoms with Gasteiger partial charge in [-0.1, -0.05) is 5.16 Å². The van der Waals surface area contributed by atoms with Crippen LogP contribution in [0.5, 0.6) is 0 Å². The molecule has 18 heavy (non-hydrogen) atoms. The molecule has 2 heterocycles. The summed E-state index contributed by atoms with van der Waals surface area (Å²) in [5.41, 5.74) is 0.209. The lowest BCUT2D eigenvalue weighted by Gasteiger charge is -2.09. The van der Waals surface area contributed by atoms with E-state index in [9.17, 15) is 4.79 Å². The summed E-state index contributed by atoms with van der Waals surface area (Å²) in [5.74, 6) is 0.200. The second-order valence-corrected chi connectivity index (χ2v) is 4.42. The van der Waals surface area contributed by atoms with Crippen LogP contribution >= 0.6 is 15.9 Å². The Hall–Kier alpha value is -1.76. The summed E-state index contributed by atoms with van der Waals surface area (Å²) in [7, 11) is 0. The SMILES string of the molecule is Cc1noc(C(C)OC(=O)c2ncccc2Br)n1. The topological polar surface area (TPSA) is 78.1 Å². The van der Waals surface area contributed by atoms with Crippen LogP contribution in [-0.4, -0.2) is 21.1 Å². The number of rotatable bonds is 3. The van der Waals surface area contributed by atoms with Gasteiger partial charge in [-0.2, -0.15) is 4.98 Å². The molecule has 1 atom stereocenters. The Morgan fingerprint density at radius 1 is 1.56 bits per heavy atom. The van der Waals surface area contributed by atoms with Crippen LogP contribution in [0.4, 0.5) is 0 Å². The monoisotopic (exact) mass is 311 g/mol. The molecular formula is C11H10BrN3O3. The van der Waals surface area contributed by atoms with Crippen LogP contribution in [0.25, 0.3) is 0 Å². The van der Waals surface area contributed by atoms with Gasteiger partial charge in [-0.15, -0.1) is 0 Å². The number of carbonyl (C=O) groups excluding carboxylic acids is 1. The van der Waals surface area contributed by atoms with Gasteiger partial charge in [-0.25, -0.2) is 9.78 Å². The second-order valence-electron chi connectivity index (χ2n) is 3.56. The van der Waals surface area contributed by atoms with Crippen LogP contribution in [0.15, 0.2) is 27.3 Å². The van der Waals surface area contributed by atoms with E-state index in [2.05, 4.69) is 31.1 Å². The molecule has 0 bridgehead atoms. The molecule has 6 nitrogen and oxygen atoms in total. The molecule has 0 aliphatic carbocycles. The van der Waals surface area contributed by atoms with E-state index in [1.165, 1.54) is 6.20 Å². The highest BCUT2D eigenvalue weighted by atomic mass is 79.9. The fourth-order valence-corrected chi connectivity index (χ4v) is 1.70. The molecule has 0 N–H and O–H groups in total. The Morgan fingerprint density at radius 2 is 2.33 bits per heavy atom. The van der Waals surface area contributed by atoms with Gasteiger partial charge < -0.3 is 9.26 Å². The van der Waals surface area contributed by atoms with Crippen LogP contribution in [0.1, 0.15) is 35.2 Å². The molecule has 0 aromatic carbocycles. The summed E-state index contributed by atoms with van der Waals surface area (Å²) < 4.78 is 10.7. The first-order chi connectivity index (χ1) is 8.58. The van der Waals surface area contributed by atoms with Gasteiger partial charge in [0.05, 0.1) is 4.47 Å². The largest absolute Gasteiger partial charge is 0.448 e. The minimum Gasteiger partial charge on any atom is -0.448 e. The molecule has 0 saturated carbocycles. The minimum atomic E-state index is -0.618. The maximum absolute atomic E-state index is 11.9. The van der Waals surface area contributed by atoms with Gasteiger partial charge in [0.15, 0.2) is 17.6 Å². The minimum absolute atomic E-state index is 0.209.